The van der Waals surface area contributed by atoms with Gasteiger partial charge in [0.05, 0.1) is 5.56 Å². The number of anilines is 1. The average Bonchev–Trinajstić information content (AvgIpc) is 2.08. The molecule has 0 bridgehead atoms. The summed E-state index contributed by atoms with van der Waals surface area (Å²) in [7, 11) is 0. The first-order valence-corrected chi connectivity index (χ1v) is 4.56. The molecule has 3 N–H and O–H groups in total. The fraction of sp³-hybridized carbons (Fsp3) is 0.364. The summed E-state index contributed by atoms with van der Waals surface area (Å²) in [4.78, 5) is 10.9. The van der Waals surface area contributed by atoms with Gasteiger partial charge in [0.25, 0.3) is 0 Å². The standard InChI is InChI=1S/C11H15NO2/c1-6(2)8-4-7(3)10(12)9(5-8)11(13)14/h4-6H,12H2,1-3H3,(H,13,14). The van der Waals surface area contributed by atoms with E-state index in [0.717, 1.165) is 11.1 Å². The lowest BCUT2D eigenvalue weighted by atomic mass is 9.96. The summed E-state index contributed by atoms with van der Waals surface area (Å²) in [6.45, 7) is 5.88. The van der Waals surface area contributed by atoms with Gasteiger partial charge in [-0.1, -0.05) is 19.9 Å². The second-order valence-electron chi connectivity index (χ2n) is 3.76. The molecule has 14 heavy (non-hydrogen) atoms. The number of rotatable bonds is 2. The number of carboxylic acids is 1. The van der Waals surface area contributed by atoms with E-state index < -0.39 is 5.97 Å². The maximum atomic E-state index is 10.9. The van der Waals surface area contributed by atoms with Crippen LogP contribution in [-0.4, -0.2) is 11.1 Å². The molecule has 0 atom stereocenters. The summed E-state index contributed by atoms with van der Waals surface area (Å²) in [6.07, 6.45) is 0. The van der Waals surface area contributed by atoms with Crippen LogP contribution in [0.1, 0.15) is 41.3 Å². The Kier molecular flexibility index (Phi) is 2.79. The molecule has 1 aromatic carbocycles. The van der Waals surface area contributed by atoms with E-state index in [-0.39, 0.29) is 5.56 Å². The Labute approximate surface area is 83.6 Å². The molecule has 0 heterocycles. The monoisotopic (exact) mass is 193 g/mol. The van der Waals surface area contributed by atoms with Gasteiger partial charge in [0.2, 0.25) is 0 Å². The van der Waals surface area contributed by atoms with E-state index in [1.54, 1.807) is 6.07 Å². The van der Waals surface area contributed by atoms with E-state index in [9.17, 15) is 4.79 Å². The van der Waals surface area contributed by atoms with Gasteiger partial charge in [-0.05, 0) is 30.0 Å². The Morgan fingerprint density at radius 3 is 2.43 bits per heavy atom. The first-order valence-electron chi connectivity index (χ1n) is 4.56. The minimum Gasteiger partial charge on any atom is -0.478 e. The van der Waals surface area contributed by atoms with Crippen LogP contribution in [0.5, 0.6) is 0 Å². The van der Waals surface area contributed by atoms with E-state index in [2.05, 4.69) is 0 Å². The molecule has 0 fully saturated rings. The lowest BCUT2D eigenvalue weighted by Crippen LogP contribution is -2.06. The van der Waals surface area contributed by atoms with Crippen molar-refractivity contribution in [1.29, 1.82) is 0 Å². The van der Waals surface area contributed by atoms with Gasteiger partial charge in [-0.3, -0.25) is 0 Å². The summed E-state index contributed by atoms with van der Waals surface area (Å²) >= 11 is 0. The predicted octanol–water partition coefficient (Wildman–Crippen LogP) is 2.40. The largest absolute Gasteiger partial charge is 0.478 e. The molecule has 0 amide bonds. The number of benzene rings is 1. The van der Waals surface area contributed by atoms with E-state index in [1.807, 2.05) is 26.8 Å². The highest BCUT2D eigenvalue weighted by Gasteiger charge is 2.12. The Bertz CT molecular complexity index is 370. The normalized spacial score (nSPS) is 10.6. The van der Waals surface area contributed by atoms with Crippen LogP contribution in [0.4, 0.5) is 5.69 Å². The van der Waals surface area contributed by atoms with Gasteiger partial charge in [0.15, 0.2) is 0 Å². The van der Waals surface area contributed by atoms with Crippen LogP contribution in [0.3, 0.4) is 0 Å². The molecule has 3 nitrogen and oxygen atoms in total. The highest BCUT2D eigenvalue weighted by molar-refractivity contribution is 5.94. The number of nitrogen functional groups attached to an aromatic ring is 1. The molecule has 0 aliphatic carbocycles. The van der Waals surface area contributed by atoms with Crippen molar-refractivity contribution in [3.63, 3.8) is 0 Å². The van der Waals surface area contributed by atoms with E-state index in [1.165, 1.54) is 0 Å². The number of aryl methyl sites for hydroxylation is 1. The van der Waals surface area contributed by atoms with Crippen molar-refractivity contribution in [2.24, 2.45) is 0 Å². The molecule has 0 aliphatic rings. The summed E-state index contributed by atoms with van der Waals surface area (Å²) in [6, 6.07) is 3.59. The number of hydrogen-bond acceptors (Lipinski definition) is 2. The molecule has 0 radical (unpaired) electrons. The molecule has 76 valence electrons. The topological polar surface area (TPSA) is 63.3 Å². The van der Waals surface area contributed by atoms with E-state index in [0.29, 0.717) is 11.6 Å². The van der Waals surface area contributed by atoms with Crippen molar-refractivity contribution >= 4 is 11.7 Å². The summed E-state index contributed by atoms with van der Waals surface area (Å²) in [5, 5.41) is 8.92. The molecule has 0 spiro atoms. The van der Waals surface area contributed by atoms with Crippen molar-refractivity contribution in [3.8, 4) is 0 Å². The second-order valence-corrected chi connectivity index (χ2v) is 3.76. The number of nitrogens with two attached hydrogens (primary N) is 1. The maximum absolute atomic E-state index is 10.9. The Hall–Kier alpha value is -1.51. The van der Waals surface area contributed by atoms with Gasteiger partial charge >= 0.3 is 5.97 Å². The lowest BCUT2D eigenvalue weighted by molar-refractivity contribution is 0.0698. The van der Waals surface area contributed by atoms with Crippen LogP contribution in [0.15, 0.2) is 12.1 Å². The highest BCUT2D eigenvalue weighted by atomic mass is 16.4. The molecule has 0 saturated carbocycles. The fourth-order valence-electron chi connectivity index (χ4n) is 1.34. The Balaban J connectivity index is 3.35. The van der Waals surface area contributed by atoms with Crippen molar-refractivity contribution < 1.29 is 9.90 Å². The molecule has 1 rings (SSSR count). The molecule has 0 aromatic heterocycles. The van der Waals surface area contributed by atoms with Crippen LogP contribution >= 0.6 is 0 Å². The third kappa shape index (κ3) is 1.87. The molecule has 0 unspecified atom stereocenters. The summed E-state index contributed by atoms with van der Waals surface area (Å²) in [5.41, 5.74) is 8.07. The van der Waals surface area contributed by atoms with Crippen LogP contribution in [0.25, 0.3) is 0 Å². The molecule has 1 aromatic rings. The predicted molar refractivity (Wildman–Crippen MR) is 56.6 cm³/mol. The first-order chi connectivity index (χ1) is 6.43. The zero-order chi connectivity index (χ0) is 10.9. The minimum atomic E-state index is -0.965. The molecule has 0 aliphatic heterocycles. The van der Waals surface area contributed by atoms with Gasteiger partial charge in [-0.15, -0.1) is 0 Å². The zero-order valence-corrected chi connectivity index (χ0v) is 8.66. The van der Waals surface area contributed by atoms with E-state index in [4.69, 9.17) is 10.8 Å². The van der Waals surface area contributed by atoms with Gasteiger partial charge in [0.1, 0.15) is 0 Å². The smallest absolute Gasteiger partial charge is 0.337 e. The number of hydrogen-bond donors (Lipinski definition) is 2. The zero-order valence-electron chi connectivity index (χ0n) is 8.66. The lowest BCUT2D eigenvalue weighted by Gasteiger charge is -2.11. The molecule has 0 saturated heterocycles. The van der Waals surface area contributed by atoms with Crippen molar-refractivity contribution in [2.45, 2.75) is 26.7 Å². The average molecular weight is 193 g/mol. The van der Waals surface area contributed by atoms with Crippen molar-refractivity contribution in [2.75, 3.05) is 5.73 Å². The van der Waals surface area contributed by atoms with E-state index >= 15 is 0 Å². The fourth-order valence-corrected chi connectivity index (χ4v) is 1.34. The first kappa shape index (κ1) is 10.6. The van der Waals surface area contributed by atoms with Crippen molar-refractivity contribution in [1.82, 2.24) is 0 Å². The van der Waals surface area contributed by atoms with Gasteiger partial charge < -0.3 is 10.8 Å². The van der Waals surface area contributed by atoms with Crippen LogP contribution < -0.4 is 5.73 Å². The van der Waals surface area contributed by atoms with Gasteiger partial charge in [-0.2, -0.15) is 0 Å². The second kappa shape index (κ2) is 3.70. The SMILES string of the molecule is Cc1cc(C(C)C)cc(C(=O)O)c1N. The summed E-state index contributed by atoms with van der Waals surface area (Å²) in [5.74, 6) is -0.652. The van der Waals surface area contributed by atoms with Crippen LogP contribution in [0, 0.1) is 6.92 Å². The number of carbonyl (C=O) groups is 1. The van der Waals surface area contributed by atoms with Gasteiger partial charge in [-0.25, -0.2) is 4.79 Å². The quantitative estimate of drug-likeness (QED) is 0.709. The number of aromatic carboxylic acids is 1. The van der Waals surface area contributed by atoms with Crippen molar-refractivity contribution in [3.05, 3.63) is 28.8 Å². The molecule has 3 heteroatoms. The third-order valence-corrected chi connectivity index (χ3v) is 2.31. The van der Waals surface area contributed by atoms with Gasteiger partial charge in [0, 0.05) is 5.69 Å². The minimum absolute atomic E-state index is 0.203. The Morgan fingerprint density at radius 1 is 1.43 bits per heavy atom. The third-order valence-electron chi connectivity index (χ3n) is 2.31. The van der Waals surface area contributed by atoms with Crippen LogP contribution in [-0.2, 0) is 0 Å². The summed E-state index contributed by atoms with van der Waals surface area (Å²) < 4.78 is 0. The molecular weight excluding hydrogens is 178 g/mol. The maximum Gasteiger partial charge on any atom is 0.337 e. The van der Waals surface area contributed by atoms with Crippen LogP contribution in [0.2, 0.25) is 0 Å². The molecular formula is C11H15NO2. The Morgan fingerprint density at radius 2 is 2.00 bits per heavy atom. The number of carboxylic acid groups (broad SMARTS) is 1. The highest BCUT2D eigenvalue weighted by Crippen LogP contribution is 2.24.